The molecule has 2 saturated heterocycles. The molecule has 2 aromatic rings. The summed E-state index contributed by atoms with van der Waals surface area (Å²) in [4.78, 5) is 26.7. The quantitative estimate of drug-likeness (QED) is 0.215. The molecule has 236 valence electrons. The smallest absolute Gasteiger partial charge is 0.430 e. The minimum atomic E-state index is -5.19. The first-order chi connectivity index (χ1) is 20.1. The largest absolute Gasteiger partial charge is 0.542 e. The van der Waals surface area contributed by atoms with Crippen molar-refractivity contribution in [3.8, 4) is 0 Å². The number of halogens is 3. The summed E-state index contributed by atoms with van der Waals surface area (Å²) in [6.45, 7) is 13.2. The fourth-order valence-electron chi connectivity index (χ4n) is 5.65. The molecule has 0 radical (unpaired) electrons. The van der Waals surface area contributed by atoms with Gasteiger partial charge in [0.15, 0.2) is 6.54 Å². The molecule has 0 spiro atoms. The van der Waals surface area contributed by atoms with Crippen molar-refractivity contribution in [1.82, 2.24) is 4.90 Å². The van der Waals surface area contributed by atoms with E-state index in [0.29, 0.717) is 12.6 Å². The third kappa shape index (κ3) is 10.5. The number of anilines is 1. The molecule has 43 heavy (non-hydrogen) atoms. The first kappa shape index (κ1) is 33.9. The van der Waals surface area contributed by atoms with E-state index in [2.05, 4.69) is 46.2 Å². The summed E-state index contributed by atoms with van der Waals surface area (Å²) < 4.78 is 38.1. The molecule has 9 nitrogen and oxygen atoms in total. The predicted molar refractivity (Wildman–Crippen MR) is 156 cm³/mol. The van der Waals surface area contributed by atoms with Crippen LogP contribution in [0.15, 0.2) is 54.6 Å². The maximum Gasteiger partial charge on any atom is 0.430 e. The normalized spacial score (nSPS) is 21.3. The van der Waals surface area contributed by atoms with Crippen molar-refractivity contribution in [3.63, 3.8) is 0 Å². The van der Waals surface area contributed by atoms with E-state index < -0.39 is 17.7 Å². The number of likely N-dealkylation sites (tertiary alicyclic amines) is 1. The van der Waals surface area contributed by atoms with Gasteiger partial charge in [-0.3, -0.25) is 10.3 Å². The number of nitrogens with two attached hydrogens (primary N) is 1. The number of nitrogen functional groups attached to an aromatic ring is 1. The Kier molecular flexibility index (Phi) is 11.2. The Balaban J connectivity index is 0.000000646. The highest BCUT2D eigenvalue weighted by atomic mass is 19.4. The zero-order chi connectivity index (χ0) is 31.8. The van der Waals surface area contributed by atoms with Crippen molar-refractivity contribution >= 4 is 23.5 Å². The van der Waals surface area contributed by atoms with Crippen molar-refractivity contribution < 1.29 is 37.1 Å². The fraction of sp³-hybridized carbons (Fsp3) is 0.516. The maximum absolute atomic E-state index is 12.9. The number of piperazine rings is 1. The fourth-order valence-corrected chi connectivity index (χ4v) is 5.65. The lowest BCUT2D eigenvalue weighted by molar-refractivity contribution is -0.939. The number of nitrogens with zero attached hydrogens (tertiary/aromatic N) is 3. The van der Waals surface area contributed by atoms with Crippen LogP contribution in [0.5, 0.6) is 0 Å². The number of carbonyl (C=O) groups excluding carboxylic acids is 2. The van der Waals surface area contributed by atoms with Crippen molar-refractivity contribution in [2.45, 2.75) is 58.0 Å². The van der Waals surface area contributed by atoms with E-state index in [1.54, 1.807) is 0 Å². The molecule has 2 heterocycles. The summed E-state index contributed by atoms with van der Waals surface area (Å²) in [5.41, 5.74) is 8.38. The summed E-state index contributed by atoms with van der Waals surface area (Å²) in [6.07, 6.45) is -2.99. The highest BCUT2D eigenvalue weighted by Gasteiger charge is 2.39. The van der Waals surface area contributed by atoms with Gasteiger partial charge in [-0.05, 0) is 45.0 Å². The van der Waals surface area contributed by atoms with Crippen LogP contribution in [-0.4, -0.2) is 90.8 Å². The topological polar surface area (TPSA) is 123 Å². The van der Waals surface area contributed by atoms with Crippen LogP contribution in [0.1, 0.15) is 44.7 Å². The van der Waals surface area contributed by atoms with Crippen LogP contribution in [0.25, 0.3) is 0 Å². The number of aliphatic carboxylic acids is 1. The monoisotopic (exact) mass is 605 g/mol. The number of benzene rings is 2. The SMILES string of the molecule is CC(C)(C)OC(=O)C[N@+]1(Cc2ccccc2)CC[C@H](N2CCN(c3ccc(C(=N)N)cc3)CC2)CC1.O=C([O-])C(F)(F)F. The highest BCUT2D eigenvalue weighted by molar-refractivity contribution is 5.95. The molecule has 0 bridgehead atoms. The molecule has 4 rings (SSSR count). The number of nitrogens with one attached hydrogen (secondary N) is 1. The van der Waals surface area contributed by atoms with Crippen LogP contribution >= 0.6 is 0 Å². The lowest BCUT2D eigenvalue weighted by atomic mass is 9.98. The van der Waals surface area contributed by atoms with Gasteiger partial charge in [-0.1, -0.05) is 30.3 Å². The summed E-state index contributed by atoms with van der Waals surface area (Å²) in [7, 11) is 0. The second-order valence-electron chi connectivity index (χ2n) is 12.2. The van der Waals surface area contributed by atoms with Crippen LogP contribution in [-0.2, 0) is 20.9 Å². The Hall–Kier alpha value is -3.64. The molecule has 2 aromatic carbocycles. The molecule has 0 atom stereocenters. The minimum absolute atomic E-state index is 0.0960. The van der Waals surface area contributed by atoms with Crippen molar-refractivity contribution in [2.24, 2.45) is 5.73 Å². The van der Waals surface area contributed by atoms with Gasteiger partial charge in [0.05, 0.1) is 13.1 Å². The zero-order valence-electron chi connectivity index (χ0n) is 25.0. The predicted octanol–water partition coefficient (Wildman–Crippen LogP) is 2.91. The Bertz CT molecular complexity index is 1220. The van der Waals surface area contributed by atoms with Crippen molar-refractivity contribution in [3.05, 3.63) is 65.7 Å². The molecule has 2 aliphatic rings. The Morgan fingerprint density at radius 2 is 1.51 bits per heavy atom. The van der Waals surface area contributed by atoms with E-state index in [1.165, 1.54) is 11.3 Å². The molecule has 2 aliphatic heterocycles. The molecule has 0 saturated carbocycles. The van der Waals surface area contributed by atoms with Gasteiger partial charge in [0.2, 0.25) is 0 Å². The molecular formula is C31H42F3N5O4. The van der Waals surface area contributed by atoms with Crippen molar-refractivity contribution in [1.29, 1.82) is 5.41 Å². The van der Waals surface area contributed by atoms with Crippen molar-refractivity contribution in [2.75, 3.05) is 50.7 Å². The molecule has 0 unspecified atom stereocenters. The van der Waals surface area contributed by atoms with Crippen LogP contribution in [0.2, 0.25) is 0 Å². The number of amidine groups is 1. The van der Waals surface area contributed by atoms with Gasteiger partial charge in [-0.2, -0.15) is 13.2 Å². The molecule has 12 heteroatoms. The molecule has 0 aromatic heterocycles. The van der Waals surface area contributed by atoms with Gasteiger partial charge in [0.25, 0.3) is 0 Å². The molecular weight excluding hydrogens is 563 g/mol. The average Bonchev–Trinajstić information content (AvgIpc) is 2.93. The van der Waals surface area contributed by atoms with E-state index >= 15 is 0 Å². The number of hydrogen-bond donors (Lipinski definition) is 2. The van der Waals surface area contributed by atoms with E-state index in [4.69, 9.17) is 25.8 Å². The van der Waals surface area contributed by atoms with Gasteiger partial charge in [0, 0.05) is 61.9 Å². The maximum atomic E-state index is 12.9. The number of piperidine rings is 1. The Labute approximate surface area is 251 Å². The first-order valence-corrected chi connectivity index (χ1v) is 14.4. The Morgan fingerprint density at radius 3 is 1.98 bits per heavy atom. The third-order valence-electron chi connectivity index (χ3n) is 7.72. The Morgan fingerprint density at radius 1 is 0.977 bits per heavy atom. The minimum Gasteiger partial charge on any atom is -0.542 e. The van der Waals surface area contributed by atoms with Gasteiger partial charge < -0.3 is 29.8 Å². The number of carboxylic acids is 1. The van der Waals surface area contributed by atoms with Gasteiger partial charge in [0.1, 0.15) is 24.0 Å². The molecule has 3 N–H and O–H groups in total. The van der Waals surface area contributed by atoms with Crippen LogP contribution in [0.4, 0.5) is 18.9 Å². The van der Waals surface area contributed by atoms with Gasteiger partial charge in [-0.25, -0.2) is 4.79 Å². The number of carboxylic acid groups (broad SMARTS) is 1. The number of quaternary nitrogens is 1. The summed E-state index contributed by atoms with van der Waals surface area (Å²) in [6, 6.07) is 19.1. The average molecular weight is 606 g/mol. The highest BCUT2D eigenvalue weighted by Crippen LogP contribution is 2.28. The van der Waals surface area contributed by atoms with Gasteiger partial charge >= 0.3 is 12.1 Å². The van der Waals surface area contributed by atoms with Crippen LogP contribution in [0.3, 0.4) is 0 Å². The molecule has 0 aliphatic carbocycles. The second-order valence-corrected chi connectivity index (χ2v) is 12.2. The summed E-state index contributed by atoms with van der Waals surface area (Å²) in [5, 5.41) is 16.4. The van der Waals surface area contributed by atoms with Crippen LogP contribution < -0.4 is 15.7 Å². The number of ether oxygens (including phenoxy) is 1. The van der Waals surface area contributed by atoms with Crippen LogP contribution in [0, 0.1) is 5.41 Å². The number of carbonyl (C=O) groups is 2. The number of alkyl halides is 3. The zero-order valence-corrected chi connectivity index (χ0v) is 25.0. The lowest BCUT2D eigenvalue weighted by Crippen LogP contribution is -2.60. The molecule has 2 fully saturated rings. The standard InChI is InChI=1S/C29H42N5O2.C2HF3O2/c1-29(2,3)36-27(35)22-34(21-23-7-5-4-6-8-23)19-13-26(14-20-34)33-17-15-32(16-18-33)25-11-9-24(10-12-25)28(30)31;3-2(4,5)1(6)7/h4-12,26H,13-22H2,1-3H3,(H3,30,31);(H,6,7)/q+1;/p-1/t26-,34+;. The summed E-state index contributed by atoms with van der Waals surface area (Å²) >= 11 is 0. The lowest BCUT2D eigenvalue weighted by Gasteiger charge is -2.47. The number of esters is 1. The van der Waals surface area contributed by atoms with E-state index in [9.17, 15) is 18.0 Å². The third-order valence-corrected chi connectivity index (χ3v) is 7.72. The number of rotatable bonds is 7. The number of hydrogen-bond acceptors (Lipinski definition) is 7. The van der Waals surface area contributed by atoms with E-state index in [-0.39, 0.29) is 11.8 Å². The summed E-state index contributed by atoms with van der Waals surface area (Å²) in [5.74, 6) is -2.99. The van der Waals surface area contributed by atoms with E-state index in [0.717, 1.165) is 68.7 Å². The molecule has 0 amide bonds. The first-order valence-electron chi connectivity index (χ1n) is 14.4. The van der Waals surface area contributed by atoms with E-state index in [1.807, 2.05) is 39.0 Å². The van der Waals surface area contributed by atoms with Gasteiger partial charge in [-0.15, -0.1) is 0 Å². The second kappa shape index (κ2) is 14.2.